The highest BCUT2D eigenvalue weighted by atomic mass is 16.5. The van der Waals surface area contributed by atoms with Crippen LogP contribution in [0, 0.1) is 0 Å². The predicted molar refractivity (Wildman–Crippen MR) is 52.1 cm³/mol. The van der Waals surface area contributed by atoms with Gasteiger partial charge in [-0.1, -0.05) is 6.07 Å². The summed E-state index contributed by atoms with van der Waals surface area (Å²) >= 11 is 0. The molecule has 0 saturated heterocycles. The Labute approximate surface area is 82.2 Å². The van der Waals surface area contributed by atoms with E-state index >= 15 is 0 Å². The van der Waals surface area contributed by atoms with Crippen LogP contribution in [0.25, 0.3) is 0 Å². The second kappa shape index (κ2) is 3.91. The summed E-state index contributed by atoms with van der Waals surface area (Å²) in [5.74, 6) is 0.634. The molecule has 4 heteroatoms. The summed E-state index contributed by atoms with van der Waals surface area (Å²) in [4.78, 5) is 4.11. The minimum Gasteiger partial charge on any atom is -0.481 e. The smallest absolute Gasteiger partial charge is 0.212 e. The van der Waals surface area contributed by atoms with Crippen molar-refractivity contribution in [1.82, 2.24) is 14.8 Å². The Hall–Kier alpha value is -1.84. The van der Waals surface area contributed by atoms with Crippen LogP contribution in [0.3, 0.4) is 0 Å². The van der Waals surface area contributed by atoms with Crippen molar-refractivity contribution in [3.05, 3.63) is 42.4 Å². The first kappa shape index (κ1) is 8.74. The summed E-state index contributed by atoms with van der Waals surface area (Å²) in [6.45, 7) is 0.740. The summed E-state index contributed by atoms with van der Waals surface area (Å²) in [5.41, 5.74) is 1.11. The summed E-state index contributed by atoms with van der Waals surface area (Å²) in [6, 6.07) is 5.73. The third-order valence-corrected chi connectivity index (χ3v) is 1.91. The Morgan fingerprint density at radius 2 is 2.36 bits per heavy atom. The molecule has 0 amide bonds. The molecule has 0 aliphatic heterocycles. The average Bonchev–Trinajstić information content (AvgIpc) is 2.72. The van der Waals surface area contributed by atoms with E-state index in [4.69, 9.17) is 4.74 Å². The standard InChI is InChI=1S/C10H11N3O/c1-14-10-4-3-9(7-11-10)8-13-6-2-5-12-13/h2-7H,8H2,1H3. The maximum Gasteiger partial charge on any atom is 0.212 e. The first-order valence-corrected chi connectivity index (χ1v) is 4.35. The first-order valence-electron chi connectivity index (χ1n) is 4.35. The largest absolute Gasteiger partial charge is 0.481 e. The van der Waals surface area contributed by atoms with Crippen LogP contribution in [-0.4, -0.2) is 21.9 Å². The molecule has 2 aromatic heterocycles. The van der Waals surface area contributed by atoms with Crippen LogP contribution in [0.2, 0.25) is 0 Å². The zero-order valence-electron chi connectivity index (χ0n) is 7.92. The highest BCUT2D eigenvalue weighted by Gasteiger charge is 1.96. The van der Waals surface area contributed by atoms with Gasteiger partial charge in [-0.15, -0.1) is 0 Å². The Balaban J connectivity index is 2.10. The molecule has 0 bridgehead atoms. The van der Waals surface area contributed by atoms with Crippen molar-refractivity contribution >= 4 is 0 Å². The van der Waals surface area contributed by atoms with E-state index in [1.54, 1.807) is 19.5 Å². The fourth-order valence-corrected chi connectivity index (χ4v) is 1.21. The number of methoxy groups -OCH3 is 1. The Morgan fingerprint density at radius 3 is 2.93 bits per heavy atom. The van der Waals surface area contributed by atoms with Crippen molar-refractivity contribution in [3.8, 4) is 5.88 Å². The van der Waals surface area contributed by atoms with Crippen molar-refractivity contribution < 1.29 is 4.74 Å². The zero-order valence-corrected chi connectivity index (χ0v) is 7.92. The topological polar surface area (TPSA) is 39.9 Å². The van der Waals surface area contributed by atoms with Gasteiger partial charge in [0.05, 0.1) is 13.7 Å². The van der Waals surface area contributed by atoms with Gasteiger partial charge in [-0.3, -0.25) is 4.68 Å². The molecule has 2 heterocycles. The van der Waals surface area contributed by atoms with Crippen LogP contribution in [-0.2, 0) is 6.54 Å². The highest BCUT2D eigenvalue weighted by molar-refractivity contribution is 5.17. The van der Waals surface area contributed by atoms with Crippen LogP contribution in [0.15, 0.2) is 36.8 Å². The first-order chi connectivity index (χ1) is 6.88. The van der Waals surface area contributed by atoms with E-state index in [2.05, 4.69) is 10.1 Å². The van der Waals surface area contributed by atoms with Gasteiger partial charge < -0.3 is 4.74 Å². The number of aromatic nitrogens is 3. The van der Waals surface area contributed by atoms with E-state index < -0.39 is 0 Å². The van der Waals surface area contributed by atoms with Gasteiger partial charge in [-0.05, 0) is 11.6 Å². The van der Waals surface area contributed by atoms with E-state index in [0.29, 0.717) is 5.88 Å². The van der Waals surface area contributed by atoms with Crippen LogP contribution >= 0.6 is 0 Å². The Bertz CT molecular complexity index is 380. The Morgan fingerprint density at radius 1 is 1.43 bits per heavy atom. The molecule has 0 aliphatic rings. The van der Waals surface area contributed by atoms with Crippen LogP contribution < -0.4 is 4.74 Å². The molecule has 14 heavy (non-hydrogen) atoms. The van der Waals surface area contributed by atoms with Crippen LogP contribution in [0.5, 0.6) is 5.88 Å². The molecule has 0 spiro atoms. The minimum atomic E-state index is 0.634. The lowest BCUT2D eigenvalue weighted by atomic mass is 10.3. The minimum absolute atomic E-state index is 0.634. The van der Waals surface area contributed by atoms with Crippen molar-refractivity contribution in [3.63, 3.8) is 0 Å². The molecule has 72 valence electrons. The van der Waals surface area contributed by atoms with Gasteiger partial charge in [0, 0.05) is 24.7 Å². The molecule has 4 nitrogen and oxygen atoms in total. The number of pyridine rings is 1. The highest BCUT2D eigenvalue weighted by Crippen LogP contribution is 2.07. The SMILES string of the molecule is COc1ccc(Cn2cccn2)cn1. The molecule has 0 unspecified atom stereocenters. The quantitative estimate of drug-likeness (QED) is 0.731. The molecular weight excluding hydrogens is 178 g/mol. The summed E-state index contributed by atoms with van der Waals surface area (Å²) in [5, 5.41) is 4.11. The van der Waals surface area contributed by atoms with Gasteiger partial charge in [0.15, 0.2) is 0 Å². The van der Waals surface area contributed by atoms with Gasteiger partial charge >= 0.3 is 0 Å². The molecule has 0 aromatic carbocycles. The molecule has 0 aliphatic carbocycles. The fraction of sp³-hybridized carbons (Fsp3) is 0.200. The molecule has 0 atom stereocenters. The molecule has 0 N–H and O–H groups in total. The number of nitrogens with zero attached hydrogens (tertiary/aromatic N) is 3. The third-order valence-electron chi connectivity index (χ3n) is 1.91. The molecule has 2 rings (SSSR count). The number of hydrogen-bond donors (Lipinski definition) is 0. The van der Waals surface area contributed by atoms with Crippen molar-refractivity contribution in [2.45, 2.75) is 6.54 Å². The van der Waals surface area contributed by atoms with Crippen molar-refractivity contribution in [2.24, 2.45) is 0 Å². The second-order valence-electron chi connectivity index (χ2n) is 2.91. The van der Waals surface area contributed by atoms with E-state index in [1.165, 1.54) is 0 Å². The van der Waals surface area contributed by atoms with Crippen LogP contribution in [0.1, 0.15) is 5.56 Å². The second-order valence-corrected chi connectivity index (χ2v) is 2.91. The molecular formula is C10H11N3O. The predicted octanol–water partition coefficient (Wildman–Crippen LogP) is 1.33. The molecule has 0 fully saturated rings. The van der Waals surface area contributed by atoms with Gasteiger partial charge in [0.2, 0.25) is 5.88 Å². The lowest BCUT2D eigenvalue weighted by molar-refractivity contribution is 0.397. The van der Waals surface area contributed by atoms with Gasteiger partial charge in [0.25, 0.3) is 0 Å². The van der Waals surface area contributed by atoms with E-state index in [0.717, 1.165) is 12.1 Å². The van der Waals surface area contributed by atoms with Gasteiger partial charge in [0.1, 0.15) is 0 Å². The van der Waals surface area contributed by atoms with Crippen molar-refractivity contribution in [1.29, 1.82) is 0 Å². The lowest BCUT2D eigenvalue weighted by Gasteiger charge is -2.02. The normalized spacial score (nSPS) is 10.1. The monoisotopic (exact) mass is 189 g/mol. The number of rotatable bonds is 3. The van der Waals surface area contributed by atoms with Crippen LogP contribution in [0.4, 0.5) is 0 Å². The summed E-state index contributed by atoms with van der Waals surface area (Å²) in [7, 11) is 1.61. The van der Waals surface area contributed by atoms with Crippen molar-refractivity contribution in [2.75, 3.05) is 7.11 Å². The fourth-order valence-electron chi connectivity index (χ4n) is 1.21. The summed E-state index contributed by atoms with van der Waals surface area (Å²) < 4.78 is 6.82. The lowest BCUT2D eigenvalue weighted by Crippen LogP contribution is -2.00. The maximum absolute atomic E-state index is 4.97. The average molecular weight is 189 g/mol. The molecule has 0 saturated carbocycles. The molecule has 2 aromatic rings. The number of hydrogen-bond acceptors (Lipinski definition) is 3. The Kier molecular flexibility index (Phi) is 2.44. The molecule has 0 radical (unpaired) electrons. The van der Waals surface area contributed by atoms with E-state index in [1.807, 2.05) is 29.1 Å². The zero-order chi connectivity index (χ0) is 9.80. The summed E-state index contributed by atoms with van der Waals surface area (Å²) in [6.07, 6.45) is 5.47. The third kappa shape index (κ3) is 1.90. The van der Waals surface area contributed by atoms with E-state index in [9.17, 15) is 0 Å². The maximum atomic E-state index is 4.97. The number of ether oxygens (including phenoxy) is 1. The van der Waals surface area contributed by atoms with Gasteiger partial charge in [-0.2, -0.15) is 5.10 Å². The van der Waals surface area contributed by atoms with E-state index in [-0.39, 0.29) is 0 Å². The van der Waals surface area contributed by atoms with Gasteiger partial charge in [-0.25, -0.2) is 4.98 Å².